The normalized spacial score (nSPS) is 11.8. The summed E-state index contributed by atoms with van der Waals surface area (Å²) < 4.78 is 10.2. The van der Waals surface area contributed by atoms with E-state index in [4.69, 9.17) is 9.26 Å². The second-order valence-electron chi connectivity index (χ2n) is 5.66. The fourth-order valence-electron chi connectivity index (χ4n) is 2.43. The van der Waals surface area contributed by atoms with E-state index in [-0.39, 0.29) is 24.1 Å². The molecule has 0 spiro atoms. The third-order valence-corrected chi connectivity index (χ3v) is 3.58. The molecule has 2 rings (SSSR count). The van der Waals surface area contributed by atoms with Gasteiger partial charge in [0.2, 0.25) is 0 Å². The smallest absolute Gasteiger partial charge is 0.344 e. The van der Waals surface area contributed by atoms with Crippen LogP contribution in [-0.4, -0.2) is 29.7 Å². The minimum absolute atomic E-state index is 0.0541. The van der Waals surface area contributed by atoms with Gasteiger partial charge in [-0.3, -0.25) is 4.79 Å². The van der Waals surface area contributed by atoms with E-state index in [2.05, 4.69) is 10.5 Å². The van der Waals surface area contributed by atoms with E-state index >= 15 is 0 Å². The molecule has 2 aromatic rings. The van der Waals surface area contributed by atoms with E-state index in [0.717, 1.165) is 18.4 Å². The number of carbonyl (C=O) groups excluding carboxylic acids is 2. The van der Waals surface area contributed by atoms with Crippen LogP contribution in [0, 0.1) is 6.92 Å². The average Bonchev–Trinajstić information content (AvgIpc) is 2.95. The zero-order valence-electron chi connectivity index (χ0n) is 14.2. The lowest BCUT2D eigenvalue weighted by Gasteiger charge is -2.12. The van der Waals surface area contributed by atoms with Gasteiger partial charge in [-0.15, -0.1) is 0 Å². The molecule has 0 aliphatic carbocycles. The predicted molar refractivity (Wildman–Crippen MR) is 89.5 cm³/mol. The molecular formula is C18H22N2O4. The minimum atomic E-state index is -0.620. The van der Waals surface area contributed by atoms with E-state index in [1.165, 1.54) is 0 Å². The zero-order chi connectivity index (χ0) is 17.5. The Labute approximate surface area is 141 Å². The summed E-state index contributed by atoms with van der Waals surface area (Å²) in [6.45, 7) is 5.27. The Hall–Kier alpha value is -2.63. The summed E-state index contributed by atoms with van der Waals surface area (Å²) >= 11 is 0. The first-order chi connectivity index (χ1) is 11.5. The van der Waals surface area contributed by atoms with Crippen molar-refractivity contribution in [2.45, 2.75) is 39.7 Å². The largest absolute Gasteiger partial charge is 0.452 e. The third kappa shape index (κ3) is 4.44. The molecule has 6 heteroatoms. The maximum atomic E-state index is 12.3. The molecule has 1 aromatic carbocycles. The Morgan fingerprint density at radius 3 is 2.67 bits per heavy atom. The Bertz CT molecular complexity index is 694. The molecule has 0 radical (unpaired) electrons. The van der Waals surface area contributed by atoms with Crippen LogP contribution in [0.25, 0.3) is 11.3 Å². The lowest BCUT2D eigenvalue weighted by molar-refractivity contribution is -0.124. The van der Waals surface area contributed by atoms with Crippen molar-refractivity contribution in [2.75, 3.05) is 6.61 Å². The number of aromatic nitrogens is 1. The zero-order valence-corrected chi connectivity index (χ0v) is 14.2. The summed E-state index contributed by atoms with van der Waals surface area (Å²) in [6.07, 6.45) is 1.85. The molecule has 24 heavy (non-hydrogen) atoms. The van der Waals surface area contributed by atoms with Crippen LogP contribution in [0.5, 0.6) is 0 Å². The van der Waals surface area contributed by atoms with Crippen LogP contribution in [0.2, 0.25) is 0 Å². The Kier molecular flexibility index (Phi) is 6.12. The van der Waals surface area contributed by atoms with Crippen molar-refractivity contribution in [3.8, 4) is 11.3 Å². The lowest BCUT2D eigenvalue weighted by atomic mass is 10.1. The van der Waals surface area contributed by atoms with Crippen LogP contribution >= 0.6 is 0 Å². The summed E-state index contributed by atoms with van der Waals surface area (Å²) in [5.74, 6) is -0.579. The summed E-state index contributed by atoms with van der Waals surface area (Å²) in [5, 5.41) is 6.72. The summed E-state index contributed by atoms with van der Waals surface area (Å²) in [6, 6.07) is 9.27. The first-order valence-electron chi connectivity index (χ1n) is 8.01. The van der Waals surface area contributed by atoms with Gasteiger partial charge in [-0.1, -0.05) is 48.8 Å². The number of nitrogens with one attached hydrogen (secondary N) is 1. The Morgan fingerprint density at radius 1 is 1.29 bits per heavy atom. The quantitative estimate of drug-likeness (QED) is 0.789. The lowest BCUT2D eigenvalue weighted by Crippen LogP contribution is -2.35. The molecule has 0 bridgehead atoms. The molecule has 128 valence electrons. The summed E-state index contributed by atoms with van der Waals surface area (Å²) in [7, 11) is 0. The standard InChI is InChI=1S/C18H22N2O4/c1-4-8-12(2)19-15(21)11-23-18(22)16-13(3)24-20-17(16)14-9-6-5-7-10-14/h5-7,9-10,12H,4,8,11H2,1-3H3,(H,19,21). The monoisotopic (exact) mass is 330 g/mol. The molecule has 1 unspecified atom stereocenters. The van der Waals surface area contributed by atoms with Crippen molar-refractivity contribution in [2.24, 2.45) is 0 Å². The van der Waals surface area contributed by atoms with Crippen molar-refractivity contribution in [3.63, 3.8) is 0 Å². The Morgan fingerprint density at radius 2 is 2.00 bits per heavy atom. The molecule has 1 amide bonds. The number of carbonyl (C=O) groups is 2. The van der Waals surface area contributed by atoms with Crippen molar-refractivity contribution < 1.29 is 18.8 Å². The molecule has 1 heterocycles. The van der Waals surface area contributed by atoms with Gasteiger partial charge in [0.25, 0.3) is 5.91 Å². The van der Waals surface area contributed by atoms with Gasteiger partial charge in [0.05, 0.1) is 0 Å². The SMILES string of the molecule is CCCC(C)NC(=O)COC(=O)c1c(-c2ccccc2)noc1C. The number of esters is 1. The van der Waals surface area contributed by atoms with Gasteiger partial charge in [0.15, 0.2) is 6.61 Å². The molecule has 0 saturated heterocycles. The van der Waals surface area contributed by atoms with Crippen LogP contribution < -0.4 is 5.32 Å². The van der Waals surface area contributed by atoms with Crippen molar-refractivity contribution in [1.29, 1.82) is 0 Å². The number of amides is 1. The third-order valence-electron chi connectivity index (χ3n) is 3.58. The highest BCUT2D eigenvalue weighted by molar-refractivity contribution is 5.98. The van der Waals surface area contributed by atoms with Gasteiger partial charge in [0.1, 0.15) is 17.0 Å². The minimum Gasteiger partial charge on any atom is -0.452 e. The van der Waals surface area contributed by atoms with E-state index in [1.54, 1.807) is 6.92 Å². The number of rotatable bonds is 7. The fourth-order valence-corrected chi connectivity index (χ4v) is 2.43. The fraction of sp³-hybridized carbons (Fsp3) is 0.389. The Balaban J connectivity index is 2.03. The van der Waals surface area contributed by atoms with Gasteiger partial charge in [-0.05, 0) is 20.3 Å². The molecular weight excluding hydrogens is 308 g/mol. The number of hydrogen-bond acceptors (Lipinski definition) is 5. The van der Waals surface area contributed by atoms with E-state index in [0.29, 0.717) is 11.5 Å². The number of ether oxygens (including phenoxy) is 1. The van der Waals surface area contributed by atoms with Crippen LogP contribution in [0.3, 0.4) is 0 Å². The molecule has 0 aliphatic rings. The van der Waals surface area contributed by atoms with E-state index in [1.807, 2.05) is 44.2 Å². The van der Waals surface area contributed by atoms with Crippen LogP contribution in [0.1, 0.15) is 42.8 Å². The highest BCUT2D eigenvalue weighted by Crippen LogP contribution is 2.25. The molecule has 1 aromatic heterocycles. The number of hydrogen-bond donors (Lipinski definition) is 1. The van der Waals surface area contributed by atoms with E-state index in [9.17, 15) is 9.59 Å². The highest BCUT2D eigenvalue weighted by atomic mass is 16.5. The maximum absolute atomic E-state index is 12.3. The first-order valence-corrected chi connectivity index (χ1v) is 8.01. The van der Waals surface area contributed by atoms with Crippen molar-refractivity contribution in [3.05, 3.63) is 41.7 Å². The maximum Gasteiger partial charge on any atom is 0.344 e. The molecule has 0 aliphatic heterocycles. The van der Waals surface area contributed by atoms with Gasteiger partial charge in [-0.2, -0.15) is 0 Å². The first kappa shape index (κ1) is 17.7. The van der Waals surface area contributed by atoms with Crippen LogP contribution in [0.15, 0.2) is 34.9 Å². The molecule has 6 nitrogen and oxygen atoms in total. The number of benzene rings is 1. The van der Waals surface area contributed by atoms with Gasteiger partial charge >= 0.3 is 5.97 Å². The molecule has 1 atom stereocenters. The summed E-state index contributed by atoms with van der Waals surface area (Å²) in [5.41, 5.74) is 1.41. The number of nitrogens with zero attached hydrogens (tertiary/aromatic N) is 1. The van der Waals surface area contributed by atoms with E-state index < -0.39 is 5.97 Å². The topological polar surface area (TPSA) is 81.4 Å². The highest BCUT2D eigenvalue weighted by Gasteiger charge is 2.23. The van der Waals surface area contributed by atoms with Gasteiger partial charge < -0.3 is 14.6 Å². The average molecular weight is 330 g/mol. The van der Waals surface area contributed by atoms with Gasteiger partial charge in [-0.25, -0.2) is 4.79 Å². The molecule has 0 fully saturated rings. The second-order valence-corrected chi connectivity index (χ2v) is 5.66. The predicted octanol–water partition coefficient (Wildman–Crippen LogP) is 3.11. The van der Waals surface area contributed by atoms with Gasteiger partial charge in [0, 0.05) is 11.6 Å². The molecule has 0 saturated carbocycles. The second kappa shape index (κ2) is 8.29. The number of aryl methyl sites for hydroxylation is 1. The van der Waals surface area contributed by atoms with Crippen molar-refractivity contribution in [1.82, 2.24) is 10.5 Å². The van der Waals surface area contributed by atoms with Crippen LogP contribution in [0.4, 0.5) is 0 Å². The summed E-state index contributed by atoms with van der Waals surface area (Å²) in [4.78, 5) is 24.1. The van der Waals surface area contributed by atoms with Crippen LogP contribution in [-0.2, 0) is 9.53 Å². The molecule has 1 N–H and O–H groups in total. The van der Waals surface area contributed by atoms with Crippen molar-refractivity contribution >= 4 is 11.9 Å².